The Morgan fingerprint density at radius 1 is 0.947 bits per heavy atom. The second-order valence-corrected chi connectivity index (χ2v) is 11.1. The van der Waals surface area contributed by atoms with Crippen LogP contribution in [0.3, 0.4) is 0 Å². The van der Waals surface area contributed by atoms with Crippen molar-refractivity contribution < 1.29 is 22.4 Å². The van der Waals surface area contributed by atoms with Gasteiger partial charge in [-0.15, -0.1) is 0 Å². The molecule has 0 heterocycles. The number of hydrogen-bond donors (Lipinski definition) is 1. The summed E-state index contributed by atoms with van der Waals surface area (Å²) in [5.74, 6) is -1.78. The van der Waals surface area contributed by atoms with Crippen molar-refractivity contribution in [3.63, 3.8) is 0 Å². The average molecular weight is 540 g/mol. The van der Waals surface area contributed by atoms with Crippen LogP contribution in [0.2, 0.25) is 0 Å². The van der Waals surface area contributed by atoms with Gasteiger partial charge in [-0.3, -0.25) is 13.9 Å². The van der Waals surface area contributed by atoms with Crippen LogP contribution in [0.4, 0.5) is 10.1 Å². The van der Waals surface area contributed by atoms with Crippen LogP contribution in [-0.2, 0) is 26.2 Å². The maximum Gasteiger partial charge on any atom is 0.264 e. The van der Waals surface area contributed by atoms with Crippen LogP contribution in [0.25, 0.3) is 0 Å². The van der Waals surface area contributed by atoms with Gasteiger partial charge in [-0.05, 0) is 57.0 Å². The molecule has 0 aromatic heterocycles. The van der Waals surface area contributed by atoms with Gasteiger partial charge in [0.15, 0.2) is 0 Å². The average Bonchev–Trinajstić information content (AvgIpc) is 2.90. The molecule has 0 fully saturated rings. The van der Waals surface area contributed by atoms with Crippen LogP contribution < -0.4 is 9.62 Å². The summed E-state index contributed by atoms with van der Waals surface area (Å²) in [4.78, 5) is 28.1. The van der Waals surface area contributed by atoms with Crippen molar-refractivity contribution in [1.82, 2.24) is 10.2 Å². The van der Waals surface area contributed by atoms with Crippen LogP contribution in [0, 0.1) is 12.7 Å². The van der Waals surface area contributed by atoms with Crippen molar-refractivity contribution in [2.45, 2.75) is 57.6 Å². The SMILES string of the molecule is CC[C@@H](C)NC(=O)[C@@H](C)N(Cc1cccc(C)c1)C(=O)CN(c1ccccc1F)S(=O)(=O)c1ccccc1. The van der Waals surface area contributed by atoms with E-state index in [0.29, 0.717) is 6.42 Å². The predicted molar refractivity (Wildman–Crippen MR) is 146 cm³/mol. The van der Waals surface area contributed by atoms with E-state index in [4.69, 9.17) is 0 Å². The molecule has 3 rings (SSSR count). The lowest BCUT2D eigenvalue weighted by Crippen LogP contribution is -2.52. The molecule has 38 heavy (non-hydrogen) atoms. The van der Waals surface area contributed by atoms with E-state index in [2.05, 4.69) is 5.32 Å². The maximum atomic E-state index is 14.9. The lowest BCUT2D eigenvalue weighted by molar-refractivity contribution is -0.139. The fourth-order valence-corrected chi connectivity index (χ4v) is 5.39. The molecule has 0 bridgehead atoms. The predicted octanol–water partition coefficient (Wildman–Crippen LogP) is 4.66. The van der Waals surface area contributed by atoms with E-state index in [1.54, 1.807) is 25.1 Å². The van der Waals surface area contributed by atoms with Gasteiger partial charge in [-0.2, -0.15) is 0 Å². The third kappa shape index (κ3) is 6.98. The Kier molecular flexibility index (Phi) is 9.63. The van der Waals surface area contributed by atoms with E-state index in [1.807, 2.05) is 45.0 Å². The summed E-state index contributed by atoms with van der Waals surface area (Å²) >= 11 is 0. The third-order valence-electron chi connectivity index (χ3n) is 6.33. The highest BCUT2D eigenvalue weighted by Gasteiger charge is 2.33. The van der Waals surface area contributed by atoms with Gasteiger partial charge >= 0.3 is 0 Å². The van der Waals surface area contributed by atoms with Gasteiger partial charge in [0.1, 0.15) is 18.4 Å². The van der Waals surface area contributed by atoms with Crippen molar-refractivity contribution in [2.24, 2.45) is 0 Å². The molecule has 9 heteroatoms. The van der Waals surface area contributed by atoms with E-state index in [9.17, 15) is 22.4 Å². The Morgan fingerprint density at radius 2 is 1.61 bits per heavy atom. The smallest absolute Gasteiger partial charge is 0.264 e. The van der Waals surface area contributed by atoms with Crippen LogP contribution in [0.5, 0.6) is 0 Å². The van der Waals surface area contributed by atoms with Crippen LogP contribution >= 0.6 is 0 Å². The highest BCUT2D eigenvalue weighted by molar-refractivity contribution is 7.92. The molecule has 7 nitrogen and oxygen atoms in total. The first kappa shape index (κ1) is 28.8. The monoisotopic (exact) mass is 539 g/mol. The second-order valence-electron chi connectivity index (χ2n) is 9.28. The minimum absolute atomic E-state index is 0.0755. The molecular weight excluding hydrogens is 505 g/mol. The zero-order chi connectivity index (χ0) is 27.9. The fraction of sp³-hybridized carbons (Fsp3) is 0.310. The lowest BCUT2D eigenvalue weighted by Gasteiger charge is -2.32. The molecule has 0 aliphatic rings. The van der Waals surface area contributed by atoms with Gasteiger partial charge in [0.2, 0.25) is 11.8 Å². The molecule has 0 radical (unpaired) electrons. The van der Waals surface area contributed by atoms with Crippen LogP contribution in [-0.4, -0.2) is 43.8 Å². The first-order valence-electron chi connectivity index (χ1n) is 12.5. The molecule has 0 saturated heterocycles. The maximum absolute atomic E-state index is 14.9. The number of carbonyl (C=O) groups excluding carboxylic acids is 2. The lowest BCUT2D eigenvalue weighted by atomic mass is 10.1. The highest BCUT2D eigenvalue weighted by Crippen LogP contribution is 2.27. The van der Waals surface area contributed by atoms with Crippen molar-refractivity contribution in [2.75, 3.05) is 10.8 Å². The molecule has 1 N–H and O–H groups in total. The third-order valence-corrected chi connectivity index (χ3v) is 8.11. The second kappa shape index (κ2) is 12.7. The molecule has 0 aliphatic heterocycles. The Hall–Kier alpha value is -3.72. The number of anilines is 1. The first-order valence-corrected chi connectivity index (χ1v) is 14.0. The number of sulfonamides is 1. The van der Waals surface area contributed by atoms with E-state index in [1.165, 1.54) is 35.2 Å². The number of carbonyl (C=O) groups is 2. The Balaban J connectivity index is 2.03. The van der Waals surface area contributed by atoms with Gasteiger partial charge in [0.05, 0.1) is 10.6 Å². The zero-order valence-corrected chi connectivity index (χ0v) is 22.9. The number of aryl methyl sites for hydroxylation is 1. The van der Waals surface area contributed by atoms with Crippen molar-refractivity contribution >= 4 is 27.5 Å². The molecule has 0 unspecified atom stereocenters. The molecule has 2 atom stereocenters. The summed E-state index contributed by atoms with van der Waals surface area (Å²) < 4.78 is 43.0. The van der Waals surface area contributed by atoms with Gasteiger partial charge in [-0.1, -0.05) is 67.1 Å². The van der Waals surface area contributed by atoms with Gasteiger partial charge in [0.25, 0.3) is 10.0 Å². The number of rotatable bonds is 11. The molecule has 3 aromatic carbocycles. The Labute approximate surface area is 224 Å². The number of hydrogen-bond acceptors (Lipinski definition) is 4. The van der Waals surface area contributed by atoms with Crippen LogP contribution in [0.15, 0.2) is 83.8 Å². The Bertz CT molecular complexity index is 1370. The summed E-state index contributed by atoms with van der Waals surface area (Å²) in [6, 6.07) is 19.4. The molecule has 202 valence electrons. The van der Waals surface area contributed by atoms with E-state index < -0.39 is 34.3 Å². The molecule has 0 aliphatic carbocycles. The summed E-state index contributed by atoms with van der Waals surface area (Å²) in [6.45, 7) is 6.71. The first-order chi connectivity index (χ1) is 18.0. The number of benzene rings is 3. The van der Waals surface area contributed by atoms with E-state index >= 15 is 0 Å². The number of amides is 2. The zero-order valence-electron chi connectivity index (χ0n) is 22.1. The largest absolute Gasteiger partial charge is 0.352 e. The number of para-hydroxylation sites is 1. The summed E-state index contributed by atoms with van der Waals surface area (Å²) in [5.41, 5.74) is 1.51. The highest BCUT2D eigenvalue weighted by atomic mass is 32.2. The summed E-state index contributed by atoms with van der Waals surface area (Å²) in [7, 11) is -4.31. The molecule has 0 spiro atoms. The normalized spacial score (nSPS) is 12.9. The number of nitrogens with zero attached hydrogens (tertiary/aromatic N) is 2. The van der Waals surface area contributed by atoms with Crippen LogP contribution in [0.1, 0.15) is 38.3 Å². The minimum atomic E-state index is -4.31. The van der Waals surface area contributed by atoms with Crippen molar-refractivity contribution in [1.29, 1.82) is 0 Å². The molecular formula is C29H34FN3O4S. The molecule has 2 amide bonds. The van der Waals surface area contributed by atoms with Crippen molar-refractivity contribution in [3.8, 4) is 0 Å². The summed E-state index contributed by atoms with van der Waals surface area (Å²) in [5, 5.41) is 2.89. The topological polar surface area (TPSA) is 86.8 Å². The summed E-state index contributed by atoms with van der Waals surface area (Å²) in [6.07, 6.45) is 0.709. The van der Waals surface area contributed by atoms with E-state index in [-0.39, 0.29) is 29.1 Å². The molecule has 0 saturated carbocycles. The fourth-order valence-electron chi connectivity index (χ4n) is 3.94. The number of halogens is 1. The minimum Gasteiger partial charge on any atom is -0.352 e. The molecule has 3 aromatic rings. The van der Waals surface area contributed by atoms with Gasteiger partial charge in [0, 0.05) is 12.6 Å². The van der Waals surface area contributed by atoms with E-state index in [0.717, 1.165) is 21.5 Å². The number of nitrogens with one attached hydrogen (secondary N) is 1. The van der Waals surface area contributed by atoms with Gasteiger partial charge < -0.3 is 10.2 Å². The quantitative estimate of drug-likeness (QED) is 0.384. The van der Waals surface area contributed by atoms with Gasteiger partial charge in [-0.25, -0.2) is 12.8 Å². The Morgan fingerprint density at radius 3 is 2.24 bits per heavy atom. The van der Waals surface area contributed by atoms with Crippen molar-refractivity contribution in [3.05, 3.63) is 95.8 Å². The standard InChI is InChI=1S/C29H34FN3O4S/c1-5-22(3)31-29(35)23(4)32(19-24-13-11-12-21(2)18-24)28(34)20-33(27-17-10-9-16-26(27)30)38(36,37)25-14-7-6-8-15-25/h6-18,22-23H,5,19-20H2,1-4H3,(H,31,35)/t22-,23-/m1/s1.